The Balaban J connectivity index is 1.23. The molecule has 218 valence electrons. The molecule has 0 unspecified atom stereocenters. The van der Waals surface area contributed by atoms with Gasteiger partial charge in [0.15, 0.2) is 17.3 Å². The minimum atomic E-state index is -1.24. The summed E-state index contributed by atoms with van der Waals surface area (Å²) in [6.07, 6.45) is 2.27. The Morgan fingerprint density at radius 3 is 2.56 bits per heavy atom. The van der Waals surface area contributed by atoms with Gasteiger partial charge in [-0.3, -0.25) is 9.78 Å². The fourth-order valence-electron chi connectivity index (χ4n) is 5.55. The second-order valence-electron chi connectivity index (χ2n) is 10.9. The number of pyridine rings is 1. The molecule has 0 N–H and O–H groups in total. The van der Waals surface area contributed by atoms with Gasteiger partial charge in [-0.2, -0.15) is 0 Å². The topological polar surface area (TPSA) is 75.5 Å². The first-order valence-electron chi connectivity index (χ1n) is 13.9. The average molecular weight is 602 g/mol. The molecule has 2 aromatic heterocycles. The van der Waals surface area contributed by atoms with E-state index in [2.05, 4.69) is 4.98 Å². The van der Waals surface area contributed by atoms with Gasteiger partial charge in [0.25, 0.3) is 5.79 Å². The van der Waals surface area contributed by atoms with Crippen LogP contribution >= 0.6 is 11.6 Å². The van der Waals surface area contributed by atoms with E-state index in [9.17, 15) is 4.79 Å². The highest BCUT2D eigenvalue weighted by Crippen LogP contribution is 2.49. The zero-order chi connectivity index (χ0) is 29.9. The number of hydrogen-bond acceptors (Lipinski definition) is 6. The average Bonchev–Trinajstić information content (AvgIpc) is 3.49. The predicted molar refractivity (Wildman–Crippen MR) is 157 cm³/mol. The maximum Gasteiger partial charge on any atom is 0.292 e. The summed E-state index contributed by atoms with van der Waals surface area (Å²) < 4.78 is 51.3. The van der Waals surface area contributed by atoms with Crippen molar-refractivity contribution in [2.75, 3.05) is 6.61 Å². The number of ether oxygens (including phenoxy) is 3. The monoisotopic (exact) mass is 601 g/mol. The quantitative estimate of drug-likeness (QED) is 0.183. The van der Waals surface area contributed by atoms with E-state index in [4.69, 9.17) is 30.8 Å². The van der Waals surface area contributed by atoms with Gasteiger partial charge >= 0.3 is 0 Å². The van der Waals surface area contributed by atoms with Gasteiger partial charge in [0, 0.05) is 42.8 Å². The number of aromatic nitrogens is 3. The molecule has 4 heterocycles. The van der Waals surface area contributed by atoms with Crippen LogP contribution in [-0.4, -0.2) is 33.0 Å². The Kier molecular flexibility index (Phi) is 6.67. The molecular weight excluding hydrogens is 576 g/mol. The third-order valence-electron chi connectivity index (χ3n) is 7.97. The summed E-state index contributed by atoms with van der Waals surface area (Å²) in [6, 6.07) is 16.4. The Bertz CT molecular complexity index is 1880. The van der Waals surface area contributed by atoms with Gasteiger partial charge in [0.2, 0.25) is 0 Å². The lowest BCUT2D eigenvalue weighted by atomic mass is 10.00. The lowest BCUT2D eigenvalue weighted by molar-refractivity contribution is -0.0715. The van der Waals surface area contributed by atoms with Gasteiger partial charge in [0.05, 0.1) is 28.7 Å². The number of Topliss-reactive ketones (excluding diaryl/α,β-unsaturated/α-hetero) is 1. The van der Waals surface area contributed by atoms with Crippen molar-refractivity contribution in [3.05, 3.63) is 106 Å². The lowest BCUT2D eigenvalue weighted by Crippen LogP contribution is -2.32. The molecule has 10 heteroatoms. The molecule has 0 saturated carbocycles. The number of nitrogens with zero attached hydrogens (tertiary/aromatic N) is 3. The normalized spacial score (nSPS) is 19.0. The summed E-state index contributed by atoms with van der Waals surface area (Å²) in [4.78, 5) is 21.1. The predicted octanol–water partition coefficient (Wildman–Crippen LogP) is 7.26. The lowest BCUT2D eigenvalue weighted by Gasteiger charge is -2.27. The number of halogens is 3. The van der Waals surface area contributed by atoms with Crippen LogP contribution in [0, 0.1) is 11.6 Å². The summed E-state index contributed by atoms with van der Waals surface area (Å²) in [7, 11) is 0. The summed E-state index contributed by atoms with van der Waals surface area (Å²) >= 11 is 5.99. The summed E-state index contributed by atoms with van der Waals surface area (Å²) in [5.41, 5.74) is 3.08. The first-order chi connectivity index (χ1) is 20.7. The number of imidazole rings is 1. The molecule has 0 radical (unpaired) electrons. The molecule has 43 heavy (non-hydrogen) atoms. The molecule has 0 aliphatic carbocycles. The van der Waals surface area contributed by atoms with Gasteiger partial charge in [-0.15, -0.1) is 0 Å². The van der Waals surface area contributed by atoms with Gasteiger partial charge < -0.3 is 18.8 Å². The number of carbonyl (C=O) groups excluding carboxylic acids is 1. The van der Waals surface area contributed by atoms with Gasteiger partial charge in [-0.1, -0.05) is 23.7 Å². The van der Waals surface area contributed by atoms with E-state index >= 15 is 8.78 Å². The van der Waals surface area contributed by atoms with E-state index in [-0.39, 0.29) is 23.9 Å². The third kappa shape index (κ3) is 4.92. The molecule has 0 spiro atoms. The third-order valence-corrected chi connectivity index (χ3v) is 8.20. The van der Waals surface area contributed by atoms with E-state index in [0.717, 1.165) is 11.9 Å². The summed E-state index contributed by atoms with van der Waals surface area (Å²) in [5.74, 6) is -1.47. The van der Waals surface area contributed by atoms with Crippen LogP contribution in [0.2, 0.25) is 5.02 Å². The number of rotatable bonds is 7. The van der Waals surface area contributed by atoms with Gasteiger partial charge in [-0.05, 0) is 67.4 Å². The number of fused-ring (bicyclic) bond motifs is 2. The maximum absolute atomic E-state index is 15.7. The van der Waals surface area contributed by atoms with E-state index in [1.54, 1.807) is 55.5 Å². The van der Waals surface area contributed by atoms with Crippen molar-refractivity contribution < 1.29 is 27.8 Å². The zero-order valence-corrected chi connectivity index (χ0v) is 24.1. The minimum Gasteiger partial charge on any atom is -0.443 e. The second kappa shape index (κ2) is 10.4. The highest BCUT2D eigenvalue weighted by Gasteiger charge is 2.41. The number of hydrogen-bond donors (Lipinski definition) is 0. The van der Waals surface area contributed by atoms with Crippen molar-refractivity contribution in [1.29, 1.82) is 0 Å². The first-order valence-corrected chi connectivity index (χ1v) is 14.3. The molecule has 0 bridgehead atoms. The highest BCUT2D eigenvalue weighted by molar-refractivity contribution is 6.30. The van der Waals surface area contributed by atoms with Gasteiger partial charge in [0.1, 0.15) is 23.2 Å². The largest absolute Gasteiger partial charge is 0.443 e. The van der Waals surface area contributed by atoms with Crippen LogP contribution in [0.1, 0.15) is 47.7 Å². The van der Waals surface area contributed by atoms with Crippen LogP contribution < -0.4 is 9.47 Å². The SMILES string of the molecule is CC(=O)c1ccc2nc(Cc3c(F)cc(-c4cccc5c4O[C@](C)(c4ccc(Cl)cn4)O5)cc3F)n(C[C@@H]3CCO3)c2c1. The van der Waals surface area contributed by atoms with Crippen molar-refractivity contribution in [2.45, 2.75) is 45.1 Å². The number of ketones is 1. The van der Waals surface area contributed by atoms with Crippen LogP contribution in [0.3, 0.4) is 0 Å². The van der Waals surface area contributed by atoms with Crippen molar-refractivity contribution in [1.82, 2.24) is 14.5 Å². The minimum absolute atomic E-state index is 0.0228. The molecular formula is C33H26ClF2N3O4. The Morgan fingerprint density at radius 1 is 1.09 bits per heavy atom. The van der Waals surface area contributed by atoms with E-state index < -0.39 is 17.4 Å². The fourth-order valence-corrected chi connectivity index (χ4v) is 5.66. The van der Waals surface area contributed by atoms with Crippen molar-refractivity contribution >= 4 is 28.4 Å². The maximum atomic E-state index is 15.7. The summed E-state index contributed by atoms with van der Waals surface area (Å²) in [5, 5.41) is 0.474. The van der Waals surface area contributed by atoms with Crippen molar-refractivity contribution in [3.8, 4) is 22.6 Å². The summed E-state index contributed by atoms with van der Waals surface area (Å²) in [6.45, 7) is 4.36. The van der Waals surface area contributed by atoms with Crippen LogP contribution in [0.15, 0.2) is 66.9 Å². The number of para-hydroxylation sites is 1. The molecule has 2 aliphatic rings. The molecule has 5 aromatic rings. The first kappa shape index (κ1) is 27.5. The molecule has 7 nitrogen and oxygen atoms in total. The number of benzene rings is 3. The molecule has 0 amide bonds. The van der Waals surface area contributed by atoms with Crippen LogP contribution in [0.25, 0.3) is 22.2 Å². The fraction of sp³-hybridized carbons (Fsp3) is 0.242. The highest BCUT2D eigenvalue weighted by atomic mass is 35.5. The molecule has 2 atom stereocenters. The molecule has 2 aliphatic heterocycles. The standard InChI is InChI=1S/C33H26ClF2N3O4/c1-18(40)19-6-8-27-28(14-19)39(17-22-10-11-41-22)31(38-27)15-24-25(35)12-20(13-26(24)36)23-4-3-5-29-32(23)43-33(2,42-29)30-9-7-21(34)16-37-30/h3-9,12-14,16,22H,10-11,15,17H2,1-2H3/t22-,33+/m0/s1. The van der Waals surface area contributed by atoms with Crippen LogP contribution in [0.4, 0.5) is 8.78 Å². The van der Waals surface area contributed by atoms with Crippen molar-refractivity contribution in [2.24, 2.45) is 0 Å². The van der Waals surface area contributed by atoms with E-state index in [1.807, 2.05) is 4.57 Å². The Labute approximate surface area is 251 Å². The van der Waals surface area contributed by atoms with Crippen molar-refractivity contribution in [3.63, 3.8) is 0 Å². The number of carbonyl (C=O) groups is 1. The van der Waals surface area contributed by atoms with Crippen LogP contribution in [0.5, 0.6) is 11.5 Å². The van der Waals surface area contributed by atoms with Crippen LogP contribution in [-0.2, 0) is 23.5 Å². The second-order valence-corrected chi connectivity index (χ2v) is 11.4. The molecule has 1 saturated heterocycles. The van der Waals surface area contributed by atoms with E-state index in [0.29, 0.717) is 63.4 Å². The van der Waals surface area contributed by atoms with Gasteiger partial charge in [-0.25, -0.2) is 13.8 Å². The Morgan fingerprint density at radius 2 is 1.88 bits per heavy atom. The zero-order valence-electron chi connectivity index (χ0n) is 23.4. The molecule has 7 rings (SSSR count). The molecule has 3 aromatic carbocycles. The smallest absolute Gasteiger partial charge is 0.292 e. The Hall–Kier alpha value is -4.34. The molecule has 1 fully saturated rings. The van der Waals surface area contributed by atoms with E-state index in [1.165, 1.54) is 25.3 Å².